The molecule has 156 valence electrons. The summed E-state index contributed by atoms with van der Waals surface area (Å²) in [6, 6.07) is 10.5. The lowest BCUT2D eigenvalue weighted by molar-refractivity contribution is -0.140. The number of carbonyl (C=O) groups is 2. The van der Waals surface area contributed by atoms with Gasteiger partial charge in [0.1, 0.15) is 11.6 Å². The minimum absolute atomic E-state index is 0.0863. The molecule has 2 aromatic carbocycles. The Labute approximate surface area is 174 Å². The highest BCUT2D eigenvalue weighted by molar-refractivity contribution is 6.46. The van der Waals surface area contributed by atoms with E-state index in [0.29, 0.717) is 12.2 Å². The number of Topliss-reactive ketones (excluding diaryl/α,β-unsaturated/α-hetero) is 1. The summed E-state index contributed by atoms with van der Waals surface area (Å²) in [6.45, 7) is 4.46. The van der Waals surface area contributed by atoms with Gasteiger partial charge in [0.05, 0.1) is 17.7 Å². The fourth-order valence-corrected chi connectivity index (χ4v) is 4.23. The van der Waals surface area contributed by atoms with E-state index in [1.807, 2.05) is 26.0 Å². The molecule has 2 aliphatic rings. The van der Waals surface area contributed by atoms with Gasteiger partial charge in [-0.2, -0.15) is 0 Å². The average Bonchev–Trinajstić information content (AvgIpc) is 3.32. The number of hydrogen-bond acceptors (Lipinski definition) is 4. The molecule has 5 nitrogen and oxygen atoms in total. The van der Waals surface area contributed by atoms with E-state index in [1.165, 1.54) is 11.0 Å². The van der Waals surface area contributed by atoms with Gasteiger partial charge in [0.2, 0.25) is 0 Å². The van der Waals surface area contributed by atoms with Gasteiger partial charge in [-0.1, -0.05) is 35.9 Å². The second-order valence-electron chi connectivity index (χ2n) is 7.93. The molecule has 2 heterocycles. The molecule has 0 radical (unpaired) electrons. The van der Waals surface area contributed by atoms with Crippen molar-refractivity contribution in [2.75, 3.05) is 13.2 Å². The van der Waals surface area contributed by atoms with Crippen LogP contribution in [0.4, 0.5) is 4.39 Å². The molecular formula is C24H24FNO4. The number of rotatable bonds is 4. The van der Waals surface area contributed by atoms with Crippen LogP contribution in [0.15, 0.2) is 48.0 Å². The van der Waals surface area contributed by atoms with E-state index in [4.69, 9.17) is 4.74 Å². The first-order valence-corrected chi connectivity index (χ1v) is 10.1. The molecule has 0 aromatic heterocycles. The largest absolute Gasteiger partial charge is 0.507 e. The van der Waals surface area contributed by atoms with E-state index < -0.39 is 23.5 Å². The zero-order chi connectivity index (χ0) is 21.4. The van der Waals surface area contributed by atoms with Crippen molar-refractivity contribution in [3.63, 3.8) is 0 Å². The number of aliphatic hydroxyl groups excluding tert-OH is 1. The number of ketones is 1. The Morgan fingerprint density at radius 3 is 2.67 bits per heavy atom. The monoisotopic (exact) mass is 409 g/mol. The zero-order valence-corrected chi connectivity index (χ0v) is 17.0. The maximum Gasteiger partial charge on any atom is 0.295 e. The molecule has 1 amide bonds. The van der Waals surface area contributed by atoms with Crippen LogP contribution in [0.25, 0.3) is 5.76 Å². The molecule has 2 aromatic rings. The highest BCUT2D eigenvalue weighted by Gasteiger charge is 2.47. The molecule has 2 fully saturated rings. The normalized spacial score (nSPS) is 23.4. The maximum atomic E-state index is 14.8. The van der Waals surface area contributed by atoms with Gasteiger partial charge >= 0.3 is 0 Å². The quantitative estimate of drug-likeness (QED) is 0.470. The first-order chi connectivity index (χ1) is 14.4. The Hall–Kier alpha value is -2.99. The summed E-state index contributed by atoms with van der Waals surface area (Å²) >= 11 is 0. The second-order valence-corrected chi connectivity index (χ2v) is 7.93. The fourth-order valence-electron chi connectivity index (χ4n) is 4.23. The van der Waals surface area contributed by atoms with Crippen molar-refractivity contribution in [2.45, 2.75) is 38.8 Å². The van der Waals surface area contributed by atoms with Gasteiger partial charge in [0.15, 0.2) is 0 Å². The van der Waals surface area contributed by atoms with Gasteiger partial charge in [-0.15, -0.1) is 0 Å². The summed E-state index contributed by atoms with van der Waals surface area (Å²) < 4.78 is 20.4. The van der Waals surface area contributed by atoms with Gasteiger partial charge in [-0.3, -0.25) is 9.59 Å². The van der Waals surface area contributed by atoms with Crippen molar-refractivity contribution in [1.29, 1.82) is 0 Å². The lowest BCUT2D eigenvalue weighted by Gasteiger charge is -2.27. The van der Waals surface area contributed by atoms with E-state index in [0.717, 1.165) is 24.0 Å². The third kappa shape index (κ3) is 3.52. The van der Waals surface area contributed by atoms with Crippen LogP contribution in [0, 0.1) is 19.7 Å². The van der Waals surface area contributed by atoms with Crippen LogP contribution in [-0.2, 0) is 14.3 Å². The summed E-state index contributed by atoms with van der Waals surface area (Å²) in [5, 5.41) is 11.1. The SMILES string of the molecule is Cc1ccc(C)c(/C(O)=C2\C(=O)C(=O)N(CC3CCCO3)C2c2ccccc2F)c1. The van der Waals surface area contributed by atoms with Gasteiger partial charge in [0, 0.05) is 24.3 Å². The Balaban J connectivity index is 1.88. The number of ether oxygens (including phenoxy) is 1. The van der Waals surface area contributed by atoms with E-state index >= 15 is 0 Å². The zero-order valence-electron chi connectivity index (χ0n) is 17.0. The third-order valence-electron chi connectivity index (χ3n) is 5.81. The summed E-state index contributed by atoms with van der Waals surface area (Å²) in [4.78, 5) is 27.3. The molecule has 0 saturated carbocycles. The number of hydrogen-bond donors (Lipinski definition) is 1. The molecule has 2 atom stereocenters. The highest BCUT2D eigenvalue weighted by atomic mass is 19.1. The van der Waals surface area contributed by atoms with Crippen molar-refractivity contribution in [3.05, 3.63) is 76.1 Å². The van der Waals surface area contributed by atoms with E-state index in [1.54, 1.807) is 24.3 Å². The number of amides is 1. The minimum Gasteiger partial charge on any atom is -0.507 e. The predicted octanol–water partition coefficient (Wildman–Crippen LogP) is 4.04. The van der Waals surface area contributed by atoms with Crippen LogP contribution < -0.4 is 0 Å². The van der Waals surface area contributed by atoms with Crippen LogP contribution in [0.3, 0.4) is 0 Å². The molecule has 2 unspecified atom stereocenters. The number of halogens is 1. The number of nitrogens with zero attached hydrogens (tertiary/aromatic N) is 1. The molecule has 2 saturated heterocycles. The summed E-state index contributed by atoms with van der Waals surface area (Å²) in [5.41, 5.74) is 2.22. The van der Waals surface area contributed by atoms with Crippen LogP contribution in [-0.4, -0.2) is 41.0 Å². The summed E-state index contributed by atoms with van der Waals surface area (Å²) in [7, 11) is 0. The first kappa shape index (κ1) is 20.3. The molecule has 0 spiro atoms. The molecule has 30 heavy (non-hydrogen) atoms. The minimum atomic E-state index is -1.00. The van der Waals surface area contributed by atoms with Crippen LogP contribution in [0.5, 0.6) is 0 Å². The predicted molar refractivity (Wildman–Crippen MR) is 110 cm³/mol. The van der Waals surface area contributed by atoms with Crippen molar-refractivity contribution in [3.8, 4) is 0 Å². The standard InChI is InChI=1S/C24H24FNO4/c1-14-9-10-15(2)18(12-14)22(27)20-21(17-7-3-4-8-19(17)25)26(24(29)23(20)28)13-16-6-5-11-30-16/h3-4,7-10,12,16,21,27H,5-6,11,13H2,1-2H3/b22-20+. The first-order valence-electron chi connectivity index (χ1n) is 10.1. The maximum absolute atomic E-state index is 14.8. The number of benzene rings is 2. The van der Waals surface area contributed by atoms with E-state index in [9.17, 15) is 19.1 Å². The van der Waals surface area contributed by atoms with Crippen LogP contribution in [0.1, 0.15) is 41.1 Å². The molecule has 2 aliphatic heterocycles. The third-order valence-corrected chi connectivity index (χ3v) is 5.81. The lowest BCUT2D eigenvalue weighted by Crippen LogP contribution is -2.36. The second kappa shape index (κ2) is 8.03. The Morgan fingerprint density at radius 1 is 1.20 bits per heavy atom. The molecule has 4 rings (SSSR count). The number of likely N-dealkylation sites (tertiary alicyclic amines) is 1. The Morgan fingerprint density at radius 2 is 1.97 bits per heavy atom. The Bertz CT molecular complexity index is 1040. The lowest BCUT2D eigenvalue weighted by atomic mass is 9.93. The summed E-state index contributed by atoms with van der Waals surface area (Å²) in [5.74, 6) is -2.36. The van der Waals surface area contributed by atoms with Gasteiger partial charge < -0.3 is 14.7 Å². The van der Waals surface area contributed by atoms with Gasteiger partial charge in [-0.05, 0) is 44.4 Å². The van der Waals surface area contributed by atoms with Crippen LogP contribution in [0.2, 0.25) is 0 Å². The highest BCUT2D eigenvalue weighted by Crippen LogP contribution is 2.41. The number of carbonyl (C=O) groups excluding carboxylic acids is 2. The topological polar surface area (TPSA) is 66.8 Å². The van der Waals surface area contributed by atoms with Gasteiger partial charge in [0.25, 0.3) is 11.7 Å². The van der Waals surface area contributed by atoms with Gasteiger partial charge in [-0.25, -0.2) is 4.39 Å². The van der Waals surface area contributed by atoms with Crippen LogP contribution >= 0.6 is 0 Å². The fraction of sp³-hybridized carbons (Fsp3) is 0.333. The van der Waals surface area contributed by atoms with Crippen molar-refractivity contribution < 1.29 is 23.8 Å². The molecular weight excluding hydrogens is 385 g/mol. The molecule has 0 aliphatic carbocycles. The number of aliphatic hydroxyl groups is 1. The van der Waals surface area contributed by atoms with Crippen molar-refractivity contribution in [1.82, 2.24) is 4.90 Å². The van der Waals surface area contributed by atoms with Crippen molar-refractivity contribution >= 4 is 17.4 Å². The molecule has 6 heteroatoms. The molecule has 0 bridgehead atoms. The molecule has 1 N–H and O–H groups in total. The van der Waals surface area contributed by atoms with E-state index in [2.05, 4.69) is 0 Å². The average molecular weight is 409 g/mol. The van der Waals surface area contributed by atoms with E-state index in [-0.39, 0.29) is 29.5 Å². The van der Waals surface area contributed by atoms with Crippen molar-refractivity contribution in [2.24, 2.45) is 0 Å². The number of aryl methyl sites for hydroxylation is 2. The summed E-state index contributed by atoms with van der Waals surface area (Å²) in [6.07, 6.45) is 1.43. The smallest absolute Gasteiger partial charge is 0.295 e. The Kier molecular flexibility index (Phi) is 5.43.